The highest BCUT2D eigenvalue weighted by Crippen LogP contribution is 2.20. The van der Waals surface area contributed by atoms with Gasteiger partial charge in [-0.1, -0.05) is 13.8 Å². The topological polar surface area (TPSA) is 66.9 Å². The van der Waals surface area contributed by atoms with Crippen LogP contribution in [0.3, 0.4) is 0 Å². The Balaban J connectivity index is 2.75. The summed E-state index contributed by atoms with van der Waals surface area (Å²) in [6.45, 7) is 7.21. The standard InChI is InChI=1S/C13H26N2O4S/c1-4-8-15(11-13(16)19-5-2)20(17,18)14-9-6-12(3)7-10-14/h12H,4-11H2,1-3H3. The quantitative estimate of drug-likeness (QED) is 0.664. The zero-order chi connectivity index (χ0) is 15.2. The molecule has 0 aliphatic carbocycles. The number of hydrogen-bond acceptors (Lipinski definition) is 4. The van der Waals surface area contributed by atoms with E-state index < -0.39 is 16.2 Å². The number of carbonyl (C=O) groups excluding carboxylic acids is 1. The predicted octanol–water partition coefficient (Wildman–Crippen LogP) is 1.24. The molecule has 7 heteroatoms. The highest BCUT2D eigenvalue weighted by molar-refractivity contribution is 7.86. The molecule has 1 aliphatic heterocycles. The van der Waals surface area contributed by atoms with Gasteiger partial charge in [0.25, 0.3) is 10.2 Å². The second-order valence-electron chi connectivity index (χ2n) is 5.23. The summed E-state index contributed by atoms with van der Waals surface area (Å²) >= 11 is 0. The van der Waals surface area contributed by atoms with Crippen molar-refractivity contribution in [1.82, 2.24) is 8.61 Å². The van der Waals surface area contributed by atoms with E-state index >= 15 is 0 Å². The molecule has 0 saturated carbocycles. The lowest BCUT2D eigenvalue weighted by Crippen LogP contribution is -2.48. The van der Waals surface area contributed by atoms with E-state index in [1.807, 2.05) is 6.92 Å². The maximum Gasteiger partial charge on any atom is 0.321 e. The minimum atomic E-state index is -3.56. The van der Waals surface area contributed by atoms with E-state index in [9.17, 15) is 13.2 Å². The molecule has 0 aromatic rings. The predicted molar refractivity (Wildman–Crippen MR) is 77.4 cm³/mol. The molecule has 6 nitrogen and oxygen atoms in total. The van der Waals surface area contributed by atoms with Crippen LogP contribution in [0.2, 0.25) is 0 Å². The Bertz CT molecular complexity index is 403. The number of nitrogens with zero attached hydrogens (tertiary/aromatic N) is 2. The van der Waals surface area contributed by atoms with E-state index in [2.05, 4.69) is 6.92 Å². The molecule has 118 valence electrons. The Hall–Kier alpha value is -0.660. The second-order valence-corrected chi connectivity index (χ2v) is 7.16. The summed E-state index contributed by atoms with van der Waals surface area (Å²) in [7, 11) is -3.56. The zero-order valence-electron chi connectivity index (χ0n) is 12.7. The van der Waals surface area contributed by atoms with Crippen LogP contribution in [-0.2, 0) is 19.7 Å². The maximum absolute atomic E-state index is 12.6. The molecule has 0 N–H and O–H groups in total. The fourth-order valence-corrected chi connectivity index (χ4v) is 3.94. The van der Waals surface area contributed by atoms with E-state index in [1.165, 1.54) is 8.61 Å². The molecule has 0 aromatic carbocycles. The first-order valence-electron chi connectivity index (χ1n) is 7.32. The van der Waals surface area contributed by atoms with Crippen LogP contribution in [-0.4, -0.2) is 55.8 Å². The number of rotatable bonds is 7. The first-order chi connectivity index (χ1) is 9.41. The molecule has 1 saturated heterocycles. The van der Waals surface area contributed by atoms with Gasteiger partial charge in [-0.2, -0.15) is 17.0 Å². The third kappa shape index (κ3) is 4.71. The Morgan fingerprint density at radius 3 is 2.40 bits per heavy atom. The van der Waals surface area contributed by atoms with Crippen molar-refractivity contribution in [3.8, 4) is 0 Å². The SMILES string of the molecule is CCCN(CC(=O)OCC)S(=O)(=O)N1CCC(C)CC1. The summed E-state index contributed by atoms with van der Waals surface area (Å²) in [5, 5.41) is 0. The van der Waals surface area contributed by atoms with E-state index in [0.717, 1.165) is 12.8 Å². The van der Waals surface area contributed by atoms with Crippen LogP contribution in [0.1, 0.15) is 40.0 Å². The van der Waals surface area contributed by atoms with Gasteiger partial charge in [0.1, 0.15) is 6.54 Å². The number of ether oxygens (including phenoxy) is 1. The van der Waals surface area contributed by atoms with E-state index in [0.29, 0.717) is 32.0 Å². The normalized spacial score (nSPS) is 18.4. The van der Waals surface area contributed by atoms with Crippen LogP contribution in [0.25, 0.3) is 0 Å². The third-order valence-corrected chi connectivity index (χ3v) is 5.46. The number of piperidine rings is 1. The average Bonchev–Trinajstić information content (AvgIpc) is 2.39. The van der Waals surface area contributed by atoms with Gasteiger partial charge in [0.05, 0.1) is 6.61 Å². The molecule has 1 fully saturated rings. The average molecular weight is 306 g/mol. The molecule has 1 heterocycles. The Labute approximate surface area is 122 Å². The smallest absolute Gasteiger partial charge is 0.321 e. The number of esters is 1. The summed E-state index contributed by atoms with van der Waals surface area (Å²) < 4.78 is 32.7. The van der Waals surface area contributed by atoms with Gasteiger partial charge in [0.15, 0.2) is 0 Å². The van der Waals surface area contributed by atoms with Crippen molar-refractivity contribution in [2.45, 2.75) is 40.0 Å². The first kappa shape index (κ1) is 17.4. The molecule has 0 unspecified atom stereocenters. The second kappa shape index (κ2) is 7.95. The van der Waals surface area contributed by atoms with E-state index in [-0.39, 0.29) is 13.2 Å². The monoisotopic (exact) mass is 306 g/mol. The fourth-order valence-electron chi connectivity index (χ4n) is 2.25. The maximum atomic E-state index is 12.6. The van der Waals surface area contributed by atoms with Crippen molar-refractivity contribution in [2.75, 3.05) is 32.8 Å². The Morgan fingerprint density at radius 1 is 1.30 bits per heavy atom. The van der Waals surface area contributed by atoms with Gasteiger partial charge in [0.2, 0.25) is 0 Å². The largest absolute Gasteiger partial charge is 0.465 e. The van der Waals surface area contributed by atoms with Crippen molar-refractivity contribution < 1.29 is 17.9 Å². The van der Waals surface area contributed by atoms with Gasteiger partial charge in [-0.05, 0) is 32.1 Å². The zero-order valence-corrected chi connectivity index (χ0v) is 13.5. The molecule has 0 radical (unpaired) electrons. The van der Waals surface area contributed by atoms with Crippen molar-refractivity contribution in [2.24, 2.45) is 5.92 Å². The molecular formula is C13H26N2O4S. The van der Waals surface area contributed by atoms with Crippen molar-refractivity contribution in [3.05, 3.63) is 0 Å². The molecule has 0 bridgehead atoms. The molecule has 20 heavy (non-hydrogen) atoms. The van der Waals surface area contributed by atoms with Gasteiger partial charge in [-0.3, -0.25) is 4.79 Å². The van der Waals surface area contributed by atoms with Gasteiger partial charge >= 0.3 is 5.97 Å². The van der Waals surface area contributed by atoms with Gasteiger partial charge in [-0.25, -0.2) is 0 Å². The van der Waals surface area contributed by atoms with Crippen LogP contribution in [0.5, 0.6) is 0 Å². The minimum Gasteiger partial charge on any atom is -0.465 e. The fraction of sp³-hybridized carbons (Fsp3) is 0.923. The van der Waals surface area contributed by atoms with Crippen LogP contribution < -0.4 is 0 Å². The summed E-state index contributed by atoms with van der Waals surface area (Å²) in [4.78, 5) is 11.6. The summed E-state index contributed by atoms with van der Waals surface area (Å²) in [5.74, 6) is 0.0704. The lowest BCUT2D eigenvalue weighted by Gasteiger charge is -2.33. The van der Waals surface area contributed by atoms with Crippen LogP contribution in [0.15, 0.2) is 0 Å². The lowest BCUT2D eigenvalue weighted by molar-refractivity contribution is -0.143. The summed E-state index contributed by atoms with van der Waals surface area (Å²) in [5.41, 5.74) is 0. The molecule has 0 amide bonds. The Kier molecular flexibility index (Phi) is 6.91. The first-order valence-corrected chi connectivity index (χ1v) is 8.72. The molecule has 0 spiro atoms. The molecule has 1 rings (SSSR count). The third-order valence-electron chi connectivity index (χ3n) is 3.48. The molecule has 0 atom stereocenters. The molecule has 0 aromatic heterocycles. The molecule has 1 aliphatic rings. The van der Waals surface area contributed by atoms with Crippen molar-refractivity contribution >= 4 is 16.2 Å². The highest BCUT2D eigenvalue weighted by Gasteiger charge is 2.32. The Morgan fingerprint density at radius 2 is 1.90 bits per heavy atom. The van der Waals surface area contributed by atoms with Gasteiger partial charge in [-0.15, -0.1) is 0 Å². The van der Waals surface area contributed by atoms with Crippen LogP contribution in [0.4, 0.5) is 0 Å². The summed E-state index contributed by atoms with van der Waals surface area (Å²) in [6, 6.07) is 0. The van der Waals surface area contributed by atoms with Crippen LogP contribution >= 0.6 is 0 Å². The van der Waals surface area contributed by atoms with E-state index in [4.69, 9.17) is 4.74 Å². The van der Waals surface area contributed by atoms with Crippen LogP contribution in [0, 0.1) is 5.92 Å². The lowest BCUT2D eigenvalue weighted by atomic mass is 10.0. The number of hydrogen-bond donors (Lipinski definition) is 0. The molecular weight excluding hydrogens is 280 g/mol. The van der Waals surface area contributed by atoms with Crippen molar-refractivity contribution in [3.63, 3.8) is 0 Å². The highest BCUT2D eigenvalue weighted by atomic mass is 32.2. The minimum absolute atomic E-state index is 0.198. The van der Waals surface area contributed by atoms with Gasteiger partial charge in [0, 0.05) is 19.6 Å². The van der Waals surface area contributed by atoms with Crippen molar-refractivity contribution in [1.29, 1.82) is 0 Å². The summed E-state index contributed by atoms with van der Waals surface area (Å²) in [6.07, 6.45) is 2.42. The number of carbonyl (C=O) groups is 1. The van der Waals surface area contributed by atoms with E-state index in [1.54, 1.807) is 6.92 Å². The van der Waals surface area contributed by atoms with Gasteiger partial charge < -0.3 is 4.74 Å².